The maximum absolute atomic E-state index is 6.15. The van der Waals surface area contributed by atoms with E-state index in [1.165, 1.54) is 128 Å². The maximum atomic E-state index is 6.15. The Labute approximate surface area is 263 Å². The summed E-state index contributed by atoms with van der Waals surface area (Å²) in [5, 5.41) is 0. The molecule has 0 unspecified atom stereocenters. The van der Waals surface area contributed by atoms with Crippen molar-refractivity contribution in [2.75, 3.05) is 26.4 Å². The van der Waals surface area contributed by atoms with Crippen LogP contribution in [0.25, 0.3) is 0 Å². The van der Waals surface area contributed by atoms with Gasteiger partial charge in [-0.2, -0.15) is 0 Å². The number of unbranched alkanes of at least 4 members (excludes halogenated alkanes) is 18. The van der Waals surface area contributed by atoms with Gasteiger partial charge in [-0.25, -0.2) is 0 Å². The molecule has 3 heteroatoms. The van der Waals surface area contributed by atoms with Gasteiger partial charge in [0.05, 0.1) is 19.3 Å². The van der Waals surface area contributed by atoms with Crippen molar-refractivity contribution in [3.63, 3.8) is 0 Å². The number of hydrogen-bond donors (Lipinski definition) is 1. The van der Waals surface area contributed by atoms with Crippen molar-refractivity contribution in [2.24, 2.45) is 5.73 Å². The van der Waals surface area contributed by atoms with E-state index in [-0.39, 0.29) is 6.04 Å². The Morgan fingerprint density at radius 3 is 1.07 bits per heavy atom. The third-order valence-electron chi connectivity index (χ3n) is 7.64. The Bertz CT molecular complexity index is 558. The lowest BCUT2D eigenvalue weighted by Crippen LogP contribution is -2.31. The van der Waals surface area contributed by atoms with E-state index < -0.39 is 0 Å². The van der Waals surface area contributed by atoms with Gasteiger partial charge in [0.1, 0.15) is 0 Å². The van der Waals surface area contributed by atoms with E-state index in [0.717, 1.165) is 38.9 Å². The zero-order valence-corrected chi connectivity index (χ0v) is 28.4. The van der Waals surface area contributed by atoms with Gasteiger partial charge < -0.3 is 15.2 Å². The van der Waals surface area contributed by atoms with E-state index >= 15 is 0 Å². The third kappa shape index (κ3) is 36.9. The first-order valence-corrected chi connectivity index (χ1v) is 18.3. The zero-order chi connectivity index (χ0) is 30.4. The van der Waals surface area contributed by atoms with Crippen LogP contribution in [0.1, 0.15) is 168 Å². The van der Waals surface area contributed by atoms with Crippen LogP contribution in [0.2, 0.25) is 0 Å². The summed E-state index contributed by atoms with van der Waals surface area (Å²) < 4.78 is 11.5. The van der Waals surface area contributed by atoms with Crippen molar-refractivity contribution < 1.29 is 9.47 Å². The summed E-state index contributed by atoms with van der Waals surface area (Å²) >= 11 is 0. The molecular weight excluding hydrogens is 514 g/mol. The first-order chi connectivity index (χ1) is 20.8. The van der Waals surface area contributed by atoms with Crippen LogP contribution >= 0.6 is 0 Å². The molecule has 0 aliphatic carbocycles. The quantitative estimate of drug-likeness (QED) is 0.0601. The Morgan fingerprint density at radius 1 is 0.405 bits per heavy atom. The molecule has 0 radical (unpaired) electrons. The summed E-state index contributed by atoms with van der Waals surface area (Å²) in [6, 6.07) is -0.000735. The standard InChI is InChI=1S/C39H73NO2/c1-3-5-7-9-11-13-15-17-19-21-23-25-27-29-31-33-35-41-37-39(40)38-42-36-34-32-30-28-26-24-22-20-18-16-14-12-10-8-6-4-2/h11-14,17-20,39H,3-10,15-16,21-38,40H2,1-2H3/b13-11-,14-12-,19-17-,20-18-. The largest absolute Gasteiger partial charge is 0.380 e. The fourth-order valence-corrected chi connectivity index (χ4v) is 4.90. The van der Waals surface area contributed by atoms with Crippen LogP contribution in [0.5, 0.6) is 0 Å². The molecule has 0 heterocycles. The molecule has 0 spiro atoms. The number of hydrogen-bond acceptors (Lipinski definition) is 3. The lowest BCUT2D eigenvalue weighted by atomic mass is 10.1. The number of allylic oxidation sites excluding steroid dienone is 8. The molecule has 0 aliphatic rings. The Morgan fingerprint density at radius 2 is 0.714 bits per heavy atom. The Balaban J connectivity index is 3.26. The second kappa shape index (κ2) is 37.9. The minimum atomic E-state index is -0.000735. The molecule has 0 amide bonds. The molecule has 246 valence electrons. The SMILES string of the molecule is CCCCC/C=C\C/C=C\CCCCCCCCOCC(N)COCCCCCCCC/C=C\C/C=C\CCCCC. The van der Waals surface area contributed by atoms with E-state index in [4.69, 9.17) is 15.2 Å². The van der Waals surface area contributed by atoms with E-state index in [9.17, 15) is 0 Å². The van der Waals surface area contributed by atoms with Gasteiger partial charge >= 0.3 is 0 Å². The summed E-state index contributed by atoms with van der Waals surface area (Å²) in [5.74, 6) is 0. The van der Waals surface area contributed by atoms with Gasteiger partial charge in [-0.3, -0.25) is 0 Å². The predicted octanol–water partition coefficient (Wildman–Crippen LogP) is 12.0. The molecular formula is C39H73NO2. The van der Waals surface area contributed by atoms with Gasteiger partial charge in [0.15, 0.2) is 0 Å². The Hall–Kier alpha value is -1.16. The minimum absolute atomic E-state index is 0.000735. The van der Waals surface area contributed by atoms with Gasteiger partial charge in [0.25, 0.3) is 0 Å². The van der Waals surface area contributed by atoms with Crippen molar-refractivity contribution in [3.05, 3.63) is 48.6 Å². The average molecular weight is 588 g/mol. The highest BCUT2D eigenvalue weighted by Crippen LogP contribution is 2.10. The molecule has 0 atom stereocenters. The van der Waals surface area contributed by atoms with Crippen LogP contribution in [0, 0.1) is 0 Å². The van der Waals surface area contributed by atoms with Crippen LogP contribution in [-0.2, 0) is 9.47 Å². The van der Waals surface area contributed by atoms with E-state index in [1.807, 2.05) is 0 Å². The van der Waals surface area contributed by atoms with Crippen molar-refractivity contribution >= 4 is 0 Å². The van der Waals surface area contributed by atoms with Crippen LogP contribution in [0.4, 0.5) is 0 Å². The lowest BCUT2D eigenvalue weighted by molar-refractivity contribution is 0.0644. The monoisotopic (exact) mass is 588 g/mol. The molecule has 0 saturated heterocycles. The van der Waals surface area contributed by atoms with Gasteiger partial charge in [0, 0.05) is 13.2 Å². The van der Waals surface area contributed by atoms with Crippen molar-refractivity contribution in [1.82, 2.24) is 0 Å². The summed E-state index contributed by atoms with van der Waals surface area (Å²) in [7, 11) is 0. The highest BCUT2D eigenvalue weighted by atomic mass is 16.5. The van der Waals surface area contributed by atoms with Gasteiger partial charge in [-0.05, 0) is 77.0 Å². The summed E-state index contributed by atoms with van der Waals surface area (Å²) in [5.41, 5.74) is 6.15. The Kier molecular flexibility index (Phi) is 36.8. The second-order valence-corrected chi connectivity index (χ2v) is 12.1. The molecule has 0 aromatic carbocycles. The summed E-state index contributed by atoms with van der Waals surface area (Å²) in [6.45, 7) is 7.41. The lowest BCUT2D eigenvalue weighted by Gasteiger charge is -2.12. The first kappa shape index (κ1) is 40.8. The normalized spacial score (nSPS) is 12.5. The molecule has 2 N–H and O–H groups in total. The van der Waals surface area contributed by atoms with E-state index in [2.05, 4.69) is 62.5 Å². The van der Waals surface area contributed by atoms with Crippen molar-refractivity contribution in [2.45, 2.75) is 174 Å². The molecule has 3 nitrogen and oxygen atoms in total. The number of rotatable bonds is 34. The molecule has 0 fully saturated rings. The van der Waals surface area contributed by atoms with Gasteiger partial charge in [-0.1, -0.05) is 140 Å². The zero-order valence-electron chi connectivity index (χ0n) is 28.4. The van der Waals surface area contributed by atoms with Crippen LogP contribution in [0.3, 0.4) is 0 Å². The van der Waals surface area contributed by atoms with Crippen LogP contribution in [0.15, 0.2) is 48.6 Å². The van der Waals surface area contributed by atoms with E-state index in [0.29, 0.717) is 13.2 Å². The van der Waals surface area contributed by atoms with Crippen LogP contribution in [-0.4, -0.2) is 32.5 Å². The molecule has 0 rings (SSSR count). The molecule has 0 aromatic heterocycles. The molecule has 42 heavy (non-hydrogen) atoms. The summed E-state index contributed by atoms with van der Waals surface area (Å²) in [6.07, 6.45) is 49.2. The molecule has 0 aliphatic heterocycles. The topological polar surface area (TPSA) is 44.5 Å². The van der Waals surface area contributed by atoms with Crippen molar-refractivity contribution in [1.29, 1.82) is 0 Å². The summed E-state index contributed by atoms with van der Waals surface area (Å²) in [4.78, 5) is 0. The number of nitrogens with two attached hydrogens (primary N) is 1. The van der Waals surface area contributed by atoms with Gasteiger partial charge in [-0.15, -0.1) is 0 Å². The highest BCUT2D eigenvalue weighted by molar-refractivity contribution is 4.93. The number of ether oxygens (including phenoxy) is 2. The fraction of sp³-hybridized carbons (Fsp3) is 0.795. The maximum Gasteiger partial charge on any atom is 0.0640 e. The predicted molar refractivity (Wildman–Crippen MR) is 188 cm³/mol. The first-order valence-electron chi connectivity index (χ1n) is 18.3. The minimum Gasteiger partial charge on any atom is -0.380 e. The average Bonchev–Trinajstić information content (AvgIpc) is 3.00. The van der Waals surface area contributed by atoms with E-state index in [1.54, 1.807) is 0 Å². The van der Waals surface area contributed by atoms with Gasteiger partial charge in [0.2, 0.25) is 0 Å². The third-order valence-corrected chi connectivity index (χ3v) is 7.64. The molecule has 0 bridgehead atoms. The smallest absolute Gasteiger partial charge is 0.0640 e. The fourth-order valence-electron chi connectivity index (χ4n) is 4.90. The highest BCUT2D eigenvalue weighted by Gasteiger charge is 2.03. The van der Waals surface area contributed by atoms with Crippen LogP contribution < -0.4 is 5.73 Å². The van der Waals surface area contributed by atoms with Crippen molar-refractivity contribution in [3.8, 4) is 0 Å². The second-order valence-electron chi connectivity index (χ2n) is 12.1. The molecule has 0 aromatic rings. The molecule has 0 saturated carbocycles.